The highest BCUT2D eigenvalue weighted by Gasteiger charge is 2.19. The minimum absolute atomic E-state index is 0.714. The highest BCUT2D eigenvalue weighted by atomic mass is 127. The van der Waals surface area contributed by atoms with Crippen molar-refractivity contribution in [2.75, 3.05) is 33.2 Å². The predicted molar refractivity (Wildman–Crippen MR) is 52.6 cm³/mol. The zero-order valence-electron chi connectivity index (χ0n) is 6.68. The van der Waals surface area contributed by atoms with Gasteiger partial charge in [-0.1, -0.05) is 29.5 Å². The number of hydrogen-bond acceptors (Lipinski definition) is 2. The maximum absolute atomic E-state index is 2.51. The molecule has 10 heavy (non-hydrogen) atoms. The number of nitrogens with zero attached hydrogens (tertiary/aromatic N) is 2. The average molecular weight is 254 g/mol. The fraction of sp³-hybridized carbons (Fsp3) is 1.00. The van der Waals surface area contributed by atoms with E-state index >= 15 is 0 Å². The molecule has 1 saturated heterocycles. The summed E-state index contributed by atoms with van der Waals surface area (Å²) in [4.78, 5) is 4.91. The lowest BCUT2D eigenvalue weighted by Crippen LogP contribution is -2.48. The second-order valence-corrected chi connectivity index (χ2v) is 4.25. The zero-order valence-corrected chi connectivity index (χ0v) is 8.84. The van der Waals surface area contributed by atoms with Crippen molar-refractivity contribution >= 4 is 22.6 Å². The molecular formula is C7H15IN2. The maximum atomic E-state index is 2.51. The summed E-state index contributed by atoms with van der Waals surface area (Å²) in [5.41, 5.74) is 0. The lowest BCUT2D eigenvalue weighted by Gasteiger charge is -2.35. The van der Waals surface area contributed by atoms with Crippen molar-refractivity contribution in [3.63, 3.8) is 0 Å². The highest BCUT2D eigenvalue weighted by Crippen LogP contribution is 2.12. The molecule has 0 radical (unpaired) electrons. The third kappa shape index (κ3) is 2.07. The molecule has 0 N–H and O–H groups in total. The van der Waals surface area contributed by atoms with Crippen molar-refractivity contribution in [2.24, 2.45) is 0 Å². The van der Waals surface area contributed by atoms with E-state index in [0.29, 0.717) is 4.05 Å². The molecule has 0 aromatic rings. The van der Waals surface area contributed by atoms with Crippen molar-refractivity contribution in [3.8, 4) is 0 Å². The molecule has 0 bridgehead atoms. The van der Waals surface area contributed by atoms with Crippen molar-refractivity contribution in [2.45, 2.75) is 11.0 Å². The highest BCUT2D eigenvalue weighted by molar-refractivity contribution is 14.1. The summed E-state index contributed by atoms with van der Waals surface area (Å²) >= 11 is 2.51. The number of rotatable bonds is 1. The van der Waals surface area contributed by atoms with Crippen LogP contribution in [-0.2, 0) is 0 Å². The van der Waals surface area contributed by atoms with Gasteiger partial charge in [0.25, 0.3) is 0 Å². The number of alkyl halides is 1. The number of likely N-dealkylation sites (N-methyl/N-ethyl adjacent to an activating group) is 2. The first-order valence-corrected chi connectivity index (χ1v) is 5.05. The van der Waals surface area contributed by atoms with E-state index in [2.05, 4.69) is 46.4 Å². The third-order valence-corrected chi connectivity index (χ3v) is 3.45. The first-order chi connectivity index (χ1) is 4.74. The molecule has 0 unspecified atom stereocenters. The van der Waals surface area contributed by atoms with Crippen LogP contribution in [0.4, 0.5) is 0 Å². The monoisotopic (exact) mass is 254 g/mol. The van der Waals surface area contributed by atoms with Gasteiger partial charge in [0.1, 0.15) is 0 Å². The SMILES string of the molecule is CCN1CCN(C)[C@H](I)C1. The average Bonchev–Trinajstić information content (AvgIpc) is 1.95. The Morgan fingerprint density at radius 1 is 1.50 bits per heavy atom. The molecular weight excluding hydrogens is 239 g/mol. The molecule has 2 nitrogen and oxygen atoms in total. The van der Waals surface area contributed by atoms with E-state index in [0.717, 1.165) is 0 Å². The molecule has 1 rings (SSSR count). The molecule has 1 atom stereocenters. The molecule has 1 aliphatic rings. The molecule has 1 aliphatic heterocycles. The lowest BCUT2D eigenvalue weighted by atomic mass is 10.3. The van der Waals surface area contributed by atoms with Crippen molar-refractivity contribution < 1.29 is 0 Å². The summed E-state index contributed by atoms with van der Waals surface area (Å²) < 4.78 is 0.714. The first-order valence-electron chi connectivity index (χ1n) is 3.80. The Balaban J connectivity index is 2.33. The van der Waals surface area contributed by atoms with Crippen LogP contribution < -0.4 is 0 Å². The molecule has 0 aromatic heterocycles. The molecule has 1 heterocycles. The van der Waals surface area contributed by atoms with E-state index in [1.54, 1.807) is 0 Å². The fourth-order valence-corrected chi connectivity index (χ4v) is 2.01. The van der Waals surface area contributed by atoms with Gasteiger partial charge in [0.05, 0.1) is 4.05 Å². The Hall–Kier alpha value is 0.650. The summed E-state index contributed by atoms with van der Waals surface area (Å²) in [6.07, 6.45) is 0. The molecule has 1 fully saturated rings. The molecule has 0 aromatic carbocycles. The van der Waals surface area contributed by atoms with Crippen LogP contribution in [0, 0.1) is 0 Å². The molecule has 60 valence electrons. The van der Waals surface area contributed by atoms with Crippen molar-refractivity contribution in [1.29, 1.82) is 0 Å². The Bertz CT molecular complexity index is 108. The molecule has 0 aliphatic carbocycles. The van der Waals surface area contributed by atoms with Gasteiger partial charge in [-0.05, 0) is 13.6 Å². The largest absolute Gasteiger partial charge is 0.300 e. The second kappa shape index (κ2) is 3.88. The van der Waals surface area contributed by atoms with E-state index < -0.39 is 0 Å². The van der Waals surface area contributed by atoms with Gasteiger partial charge in [-0.15, -0.1) is 0 Å². The molecule has 3 heteroatoms. The van der Waals surface area contributed by atoms with Gasteiger partial charge in [0.2, 0.25) is 0 Å². The summed E-state index contributed by atoms with van der Waals surface area (Å²) in [6.45, 7) is 7.13. The van der Waals surface area contributed by atoms with Crippen LogP contribution in [0.1, 0.15) is 6.92 Å². The van der Waals surface area contributed by atoms with Gasteiger partial charge in [-0.2, -0.15) is 0 Å². The van der Waals surface area contributed by atoms with Crippen LogP contribution in [-0.4, -0.2) is 47.1 Å². The topological polar surface area (TPSA) is 6.48 Å². The predicted octanol–water partition coefficient (Wildman–Crippen LogP) is 1.01. The second-order valence-electron chi connectivity index (χ2n) is 2.81. The van der Waals surface area contributed by atoms with Crippen LogP contribution >= 0.6 is 22.6 Å². The third-order valence-electron chi connectivity index (χ3n) is 2.10. The summed E-state index contributed by atoms with van der Waals surface area (Å²) in [5, 5.41) is 0. The quantitative estimate of drug-likeness (QED) is 0.391. The Labute approximate surface area is 76.7 Å². The standard InChI is InChI=1S/C7H15IN2/c1-3-10-5-4-9(2)7(8)6-10/h7H,3-6H2,1-2H3/t7-/m0/s1. The van der Waals surface area contributed by atoms with E-state index in [-0.39, 0.29) is 0 Å². The number of hydrogen-bond donors (Lipinski definition) is 0. The van der Waals surface area contributed by atoms with E-state index in [1.165, 1.54) is 26.2 Å². The van der Waals surface area contributed by atoms with Crippen LogP contribution in [0.25, 0.3) is 0 Å². The van der Waals surface area contributed by atoms with E-state index in [1.807, 2.05) is 0 Å². The smallest absolute Gasteiger partial charge is 0.0745 e. The Kier molecular flexibility index (Phi) is 3.39. The fourth-order valence-electron chi connectivity index (χ4n) is 1.17. The van der Waals surface area contributed by atoms with Crippen LogP contribution in [0.15, 0.2) is 0 Å². The Morgan fingerprint density at radius 2 is 2.20 bits per heavy atom. The van der Waals surface area contributed by atoms with E-state index in [9.17, 15) is 0 Å². The van der Waals surface area contributed by atoms with Crippen LogP contribution in [0.2, 0.25) is 0 Å². The molecule has 0 amide bonds. The van der Waals surface area contributed by atoms with Gasteiger partial charge >= 0.3 is 0 Å². The van der Waals surface area contributed by atoms with Gasteiger partial charge in [-0.3, -0.25) is 9.80 Å². The minimum Gasteiger partial charge on any atom is -0.300 e. The first kappa shape index (κ1) is 8.74. The van der Waals surface area contributed by atoms with Gasteiger partial charge < -0.3 is 0 Å². The molecule has 0 spiro atoms. The summed E-state index contributed by atoms with van der Waals surface area (Å²) in [5.74, 6) is 0. The Morgan fingerprint density at radius 3 is 2.70 bits per heavy atom. The van der Waals surface area contributed by atoms with Crippen LogP contribution in [0.5, 0.6) is 0 Å². The van der Waals surface area contributed by atoms with E-state index in [4.69, 9.17) is 0 Å². The van der Waals surface area contributed by atoms with Gasteiger partial charge in [-0.25, -0.2) is 0 Å². The maximum Gasteiger partial charge on any atom is 0.0745 e. The normalized spacial score (nSPS) is 30.9. The minimum atomic E-state index is 0.714. The number of halogens is 1. The van der Waals surface area contributed by atoms with Crippen molar-refractivity contribution in [1.82, 2.24) is 9.80 Å². The van der Waals surface area contributed by atoms with Crippen LogP contribution in [0.3, 0.4) is 0 Å². The van der Waals surface area contributed by atoms with Gasteiger partial charge in [0.15, 0.2) is 0 Å². The van der Waals surface area contributed by atoms with Crippen molar-refractivity contribution in [3.05, 3.63) is 0 Å². The zero-order chi connectivity index (χ0) is 7.56. The summed E-state index contributed by atoms with van der Waals surface area (Å²) in [6, 6.07) is 0. The number of piperazine rings is 1. The van der Waals surface area contributed by atoms with Gasteiger partial charge in [0, 0.05) is 19.6 Å². The molecule has 0 saturated carbocycles. The summed E-state index contributed by atoms with van der Waals surface area (Å²) in [7, 11) is 2.20. The lowest BCUT2D eigenvalue weighted by molar-refractivity contribution is 0.151.